The zero-order valence-corrected chi connectivity index (χ0v) is 26.9. The summed E-state index contributed by atoms with van der Waals surface area (Å²) in [6, 6.07) is 25.4. The number of rotatable bonds is 15. The molecule has 4 rings (SSSR count). The molecule has 1 fully saturated rings. The van der Waals surface area contributed by atoms with Crippen LogP contribution in [-0.2, 0) is 19.9 Å². The van der Waals surface area contributed by atoms with Crippen LogP contribution in [0, 0.1) is 5.41 Å². The van der Waals surface area contributed by atoms with Crippen molar-refractivity contribution in [3.63, 3.8) is 0 Å². The van der Waals surface area contributed by atoms with Crippen LogP contribution < -0.4 is 14.8 Å². The van der Waals surface area contributed by atoms with Crippen LogP contribution in [-0.4, -0.2) is 75.1 Å². The Bertz CT molecular complexity index is 1380. The minimum atomic E-state index is -4.90. The third kappa shape index (κ3) is 8.84. The van der Waals surface area contributed by atoms with Crippen molar-refractivity contribution in [3.8, 4) is 11.5 Å². The zero-order chi connectivity index (χ0) is 33.9. The van der Waals surface area contributed by atoms with E-state index >= 15 is 0 Å². The summed E-state index contributed by atoms with van der Waals surface area (Å²) < 4.78 is 54.9. The Balaban J connectivity index is 1.46. The van der Waals surface area contributed by atoms with Gasteiger partial charge in [0.2, 0.25) is 5.91 Å². The smallest absolute Gasteiger partial charge is 0.471 e. The number of piperidine rings is 1. The van der Waals surface area contributed by atoms with E-state index in [2.05, 4.69) is 0 Å². The van der Waals surface area contributed by atoms with Crippen molar-refractivity contribution >= 4 is 11.8 Å². The number of carbonyl (C=O) groups is 2. The number of carbonyl (C=O) groups excluding carboxylic acids is 2. The standard InChI is InChI=1S/C36H43F3N2O6/c1-45-30-16-12-28(13-17-30)35(27-9-5-3-6-10-27,29-14-18-31(46-2)19-15-29)47-26-34(25-42)20-23-41(24-21-34)32(43)11-7-4-8-22-40-33(44)36(37,38)39/h3,5-6,9-10,12-19,42H,4,7-8,11,20-26H2,1-2H3,(H,40,44). The first-order chi connectivity index (χ1) is 22.6. The third-order valence-corrected chi connectivity index (χ3v) is 8.89. The van der Waals surface area contributed by atoms with E-state index in [1.165, 1.54) is 0 Å². The summed E-state index contributed by atoms with van der Waals surface area (Å²) in [6.45, 7) is 0.922. The molecule has 254 valence electrons. The van der Waals surface area contributed by atoms with Crippen molar-refractivity contribution in [2.45, 2.75) is 50.3 Å². The average molecular weight is 657 g/mol. The fraction of sp³-hybridized carbons (Fsp3) is 0.444. The molecule has 1 heterocycles. The molecule has 1 aliphatic heterocycles. The Hall–Kier alpha value is -4.09. The molecule has 0 aliphatic carbocycles. The molecule has 0 radical (unpaired) electrons. The van der Waals surface area contributed by atoms with E-state index in [0.29, 0.717) is 56.7 Å². The van der Waals surface area contributed by atoms with Gasteiger partial charge >= 0.3 is 12.1 Å². The topological polar surface area (TPSA) is 97.3 Å². The molecule has 0 aromatic heterocycles. The maximum atomic E-state index is 12.9. The minimum Gasteiger partial charge on any atom is -0.497 e. The van der Waals surface area contributed by atoms with Gasteiger partial charge < -0.3 is 29.5 Å². The molecule has 2 amide bonds. The van der Waals surface area contributed by atoms with E-state index in [0.717, 1.165) is 16.7 Å². The summed E-state index contributed by atoms with van der Waals surface area (Å²) >= 11 is 0. The van der Waals surface area contributed by atoms with Crippen molar-refractivity contribution in [2.24, 2.45) is 5.41 Å². The number of halogens is 3. The van der Waals surface area contributed by atoms with E-state index in [1.807, 2.05) is 84.2 Å². The second-order valence-corrected chi connectivity index (χ2v) is 11.9. The molecular weight excluding hydrogens is 613 g/mol. The van der Waals surface area contributed by atoms with Crippen LogP contribution in [0.3, 0.4) is 0 Å². The number of nitrogens with zero attached hydrogens (tertiary/aromatic N) is 1. The molecule has 8 nitrogen and oxygen atoms in total. The number of ether oxygens (including phenoxy) is 3. The number of aliphatic hydroxyl groups excluding tert-OH is 1. The van der Waals surface area contributed by atoms with Crippen molar-refractivity contribution in [1.29, 1.82) is 0 Å². The van der Waals surface area contributed by atoms with Crippen LogP contribution in [0.5, 0.6) is 11.5 Å². The van der Waals surface area contributed by atoms with Crippen LogP contribution in [0.2, 0.25) is 0 Å². The van der Waals surface area contributed by atoms with Crippen LogP contribution in [0.15, 0.2) is 78.9 Å². The van der Waals surface area contributed by atoms with Crippen molar-refractivity contribution < 1.29 is 42.1 Å². The van der Waals surface area contributed by atoms with Gasteiger partial charge in [0, 0.05) is 31.5 Å². The quantitative estimate of drug-likeness (QED) is 0.157. The highest BCUT2D eigenvalue weighted by molar-refractivity contribution is 5.81. The second-order valence-electron chi connectivity index (χ2n) is 11.9. The molecule has 3 aromatic rings. The number of unbranched alkanes of at least 4 members (excludes halogenated alkanes) is 2. The molecule has 0 unspecified atom stereocenters. The van der Waals surface area contributed by atoms with Crippen LogP contribution in [0.1, 0.15) is 55.2 Å². The molecule has 11 heteroatoms. The molecule has 47 heavy (non-hydrogen) atoms. The molecule has 0 saturated carbocycles. The maximum absolute atomic E-state index is 12.9. The number of likely N-dealkylation sites (tertiary alicyclic amines) is 1. The Morgan fingerprint density at radius 2 is 1.34 bits per heavy atom. The monoisotopic (exact) mass is 656 g/mol. The van der Waals surface area contributed by atoms with Crippen LogP contribution in [0.25, 0.3) is 0 Å². The van der Waals surface area contributed by atoms with Gasteiger partial charge in [0.25, 0.3) is 0 Å². The van der Waals surface area contributed by atoms with Crippen molar-refractivity contribution in [3.05, 3.63) is 95.6 Å². The number of benzene rings is 3. The molecule has 2 N–H and O–H groups in total. The molecule has 0 spiro atoms. The molecule has 1 aliphatic rings. The van der Waals surface area contributed by atoms with Crippen LogP contribution in [0.4, 0.5) is 13.2 Å². The number of methoxy groups -OCH3 is 2. The lowest BCUT2D eigenvalue weighted by atomic mass is 9.77. The molecular formula is C36H43F3N2O6. The predicted molar refractivity (Wildman–Crippen MR) is 171 cm³/mol. The van der Waals surface area contributed by atoms with Gasteiger partial charge in [-0.1, -0.05) is 61.0 Å². The van der Waals surface area contributed by atoms with E-state index in [1.54, 1.807) is 19.1 Å². The average Bonchev–Trinajstić information content (AvgIpc) is 3.10. The summed E-state index contributed by atoms with van der Waals surface area (Å²) in [5.74, 6) is -0.566. The largest absolute Gasteiger partial charge is 0.497 e. The van der Waals surface area contributed by atoms with Gasteiger partial charge in [-0.25, -0.2) is 0 Å². The lowest BCUT2D eigenvalue weighted by Crippen LogP contribution is -2.48. The van der Waals surface area contributed by atoms with Gasteiger partial charge in [-0.15, -0.1) is 0 Å². The van der Waals surface area contributed by atoms with Crippen molar-refractivity contribution in [2.75, 3.05) is 47.1 Å². The van der Waals surface area contributed by atoms with E-state index < -0.39 is 23.1 Å². The summed E-state index contributed by atoms with van der Waals surface area (Å²) in [5.41, 5.74) is 1.05. The fourth-order valence-electron chi connectivity index (χ4n) is 5.95. The molecule has 0 bridgehead atoms. The highest BCUT2D eigenvalue weighted by Crippen LogP contribution is 2.44. The van der Waals surface area contributed by atoms with Gasteiger partial charge in [0.15, 0.2) is 0 Å². The third-order valence-electron chi connectivity index (χ3n) is 8.89. The fourth-order valence-corrected chi connectivity index (χ4v) is 5.95. The normalized spacial score (nSPS) is 14.8. The Morgan fingerprint density at radius 1 is 0.809 bits per heavy atom. The lowest BCUT2D eigenvalue weighted by molar-refractivity contribution is -0.173. The Kier molecular flexibility index (Phi) is 12.3. The van der Waals surface area contributed by atoms with Gasteiger partial charge in [-0.3, -0.25) is 9.59 Å². The first-order valence-corrected chi connectivity index (χ1v) is 15.8. The summed E-state index contributed by atoms with van der Waals surface area (Å²) in [4.78, 5) is 25.6. The van der Waals surface area contributed by atoms with Gasteiger partial charge in [0.05, 0.1) is 27.4 Å². The molecule has 1 saturated heterocycles. The number of amides is 2. The van der Waals surface area contributed by atoms with Gasteiger partial charge in [0.1, 0.15) is 17.1 Å². The maximum Gasteiger partial charge on any atom is 0.471 e. The number of nitrogens with one attached hydrogen (secondary N) is 1. The first-order valence-electron chi connectivity index (χ1n) is 15.8. The predicted octanol–water partition coefficient (Wildman–Crippen LogP) is 5.85. The number of aliphatic hydroxyl groups is 1. The number of hydrogen-bond donors (Lipinski definition) is 2. The number of hydrogen-bond acceptors (Lipinski definition) is 6. The first kappa shape index (κ1) is 35.8. The summed E-state index contributed by atoms with van der Waals surface area (Å²) in [5, 5.41) is 12.6. The van der Waals surface area contributed by atoms with Gasteiger partial charge in [-0.05, 0) is 66.6 Å². The number of alkyl halides is 3. The van der Waals surface area contributed by atoms with Crippen molar-refractivity contribution in [1.82, 2.24) is 10.2 Å². The van der Waals surface area contributed by atoms with Gasteiger partial charge in [-0.2, -0.15) is 13.2 Å². The Labute approximate surface area is 273 Å². The minimum absolute atomic E-state index is 0.0353. The SMILES string of the molecule is COc1ccc(C(OCC2(CO)CCN(C(=O)CCCCCNC(=O)C(F)(F)F)CC2)(c2ccccc2)c2ccc(OC)cc2)cc1. The van der Waals surface area contributed by atoms with Crippen LogP contribution >= 0.6 is 0 Å². The highest BCUT2D eigenvalue weighted by Gasteiger charge is 2.43. The van der Waals surface area contributed by atoms with E-state index in [9.17, 15) is 27.9 Å². The van der Waals surface area contributed by atoms with E-state index in [4.69, 9.17) is 14.2 Å². The van der Waals surface area contributed by atoms with E-state index in [-0.39, 0.29) is 32.1 Å². The lowest BCUT2D eigenvalue weighted by Gasteiger charge is -2.44. The summed E-state index contributed by atoms with van der Waals surface area (Å²) in [7, 11) is 3.23. The highest BCUT2D eigenvalue weighted by atomic mass is 19.4. The zero-order valence-electron chi connectivity index (χ0n) is 26.9. The second kappa shape index (κ2) is 16.1. The molecule has 3 aromatic carbocycles. The summed E-state index contributed by atoms with van der Waals surface area (Å²) in [6.07, 6.45) is -2.18. The Morgan fingerprint density at radius 3 is 1.83 bits per heavy atom. The molecule has 0 atom stereocenters.